The summed E-state index contributed by atoms with van der Waals surface area (Å²) in [4.78, 5) is 29.7. The minimum atomic E-state index is -0.171. The molecule has 0 radical (unpaired) electrons. The highest BCUT2D eigenvalue weighted by molar-refractivity contribution is 5.95. The monoisotopic (exact) mass is 344 g/mol. The number of piperazine rings is 1. The Hall–Kier alpha value is -2.55. The highest BCUT2D eigenvalue weighted by Crippen LogP contribution is 2.13. The lowest BCUT2D eigenvalue weighted by Gasteiger charge is -2.32. The number of carbonyl (C=O) groups excluding carboxylic acids is 1. The average molecular weight is 344 g/mol. The molecule has 0 saturated carbocycles. The minimum absolute atomic E-state index is 0.0779. The Morgan fingerprint density at radius 3 is 2.72 bits per heavy atom. The van der Waals surface area contributed by atoms with E-state index in [4.69, 9.17) is 0 Å². The van der Waals surface area contributed by atoms with Crippen LogP contribution in [0.25, 0.3) is 0 Å². The van der Waals surface area contributed by atoms with E-state index in [1.165, 1.54) is 6.33 Å². The van der Waals surface area contributed by atoms with E-state index in [0.29, 0.717) is 23.8 Å². The van der Waals surface area contributed by atoms with Gasteiger partial charge >= 0.3 is 0 Å². The molecule has 1 amide bonds. The molecular weight excluding hydrogens is 320 g/mol. The van der Waals surface area contributed by atoms with E-state index >= 15 is 0 Å². The first-order valence-electron chi connectivity index (χ1n) is 8.43. The van der Waals surface area contributed by atoms with E-state index in [1.54, 1.807) is 17.2 Å². The van der Waals surface area contributed by atoms with Crippen molar-refractivity contribution < 1.29 is 4.79 Å². The number of aromatic nitrogens is 5. The summed E-state index contributed by atoms with van der Waals surface area (Å²) in [5.74, 6) is 0.521. The third-order valence-corrected chi connectivity index (χ3v) is 4.30. The number of hydrogen-bond acceptors (Lipinski definition) is 7. The molecule has 9 heteroatoms. The van der Waals surface area contributed by atoms with Gasteiger partial charge in [-0.25, -0.2) is 15.0 Å². The van der Waals surface area contributed by atoms with Crippen LogP contribution in [0.2, 0.25) is 0 Å². The molecule has 1 saturated heterocycles. The molecule has 0 spiro atoms. The largest absolute Gasteiger partial charge is 0.348 e. The van der Waals surface area contributed by atoms with E-state index < -0.39 is 0 Å². The van der Waals surface area contributed by atoms with Crippen LogP contribution in [0.5, 0.6) is 0 Å². The van der Waals surface area contributed by atoms with Crippen LogP contribution in [0.4, 0.5) is 5.95 Å². The van der Waals surface area contributed by atoms with Gasteiger partial charge in [0.15, 0.2) is 0 Å². The summed E-state index contributed by atoms with van der Waals surface area (Å²) in [5, 5.41) is 7.00. The predicted molar refractivity (Wildman–Crippen MR) is 93.4 cm³/mol. The van der Waals surface area contributed by atoms with Crippen molar-refractivity contribution in [3.8, 4) is 0 Å². The number of aryl methyl sites for hydroxylation is 1. The molecule has 1 fully saturated rings. The molecule has 3 rings (SSSR count). The number of nitrogens with zero attached hydrogens (tertiary/aromatic N) is 7. The molecule has 2 aromatic rings. The molecule has 1 aliphatic rings. The molecular formula is C16H24N8O. The summed E-state index contributed by atoms with van der Waals surface area (Å²) in [6, 6.07) is -0.0779. The summed E-state index contributed by atoms with van der Waals surface area (Å²) in [7, 11) is 2.11. The SMILES string of the molecule is Cc1nc(N2CCN(C)CC2)ncc1C(=O)N[C@@H](C)Cn1cncn1. The van der Waals surface area contributed by atoms with Crippen molar-refractivity contribution in [1.82, 2.24) is 34.9 Å². The van der Waals surface area contributed by atoms with Gasteiger partial charge in [0.25, 0.3) is 5.91 Å². The van der Waals surface area contributed by atoms with Gasteiger partial charge in [-0.2, -0.15) is 5.10 Å². The first-order chi connectivity index (χ1) is 12.0. The molecule has 134 valence electrons. The van der Waals surface area contributed by atoms with Gasteiger partial charge in [0, 0.05) is 38.4 Å². The lowest BCUT2D eigenvalue weighted by Crippen LogP contribution is -2.45. The fourth-order valence-electron chi connectivity index (χ4n) is 2.79. The second kappa shape index (κ2) is 7.56. The molecule has 9 nitrogen and oxygen atoms in total. The second-order valence-corrected chi connectivity index (χ2v) is 6.45. The van der Waals surface area contributed by atoms with Gasteiger partial charge < -0.3 is 15.1 Å². The fourth-order valence-corrected chi connectivity index (χ4v) is 2.79. The Balaban J connectivity index is 1.62. The third-order valence-electron chi connectivity index (χ3n) is 4.30. The Bertz CT molecular complexity index is 709. The highest BCUT2D eigenvalue weighted by Gasteiger charge is 2.19. The quantitative estimate of drug-likeness (QED) is 0.813. The molecule has 0 bridgehead atoms. The Morgan fingerprint density at radius 2 is 2.08 bits per heavy atom. The van der Waals surface area contributed by atoms with Crippen molar-refractivity contribution in [3.63, 3.8) is 0 Å². The summed E-state index contributed by atoms with van der Waals surface area (Å²) in [5.41, 5.74) is 1.19. The van der Waals surface area contributed by atoms with Gasteiger partial charge in [0.1, 0.15) is 12.7 Å². The van der Waals surface area contributed by atoms with Crippen LogP contribution >= 0.6 is 0 Å². The van der Waals surface area contributed by atoms with Crippen molar-refractivity contribution in [3.05, 3.63) is 30.1 Å². The average Bonchev–Trinajstić information content (AvgIpc) is 3.08. The van der Waals surface area contributed by atoms with Crippen LogP contribution in [0.3, 0.4) is 0 Å². The van der Waals surface area contributed by atoms with E-state index in [2.05, 4.69) is 42.2 Å². The predicted octanol–water partition coefficient (Wildman–Crippen LogP) is -0.0532. The van der Waals surface area contributed by atoms with Gasteiger partial charge in [0.2, 0.25) is 5.95 Å². The standard InChI is InChI=1S/C16H24N8O/c1-12(9-24-11-17-10-19-24)20-15(25)14-8-18-16(21-13(14)2)23-6-4-22(3)5-7-23/h8,10-12H,4-7,9H2,1-3H3,(H,20,25)/t12-/m0/s1. The summed E-state index contributed by atoms with van der Waals surface area (Å²) in [6.45, 7) is 8.11. The van der Waals surface area contributed by atoms with E-state index in [-0.39, 0.29) is 11.9 Å². The van der Waals surface area contributed by atoms with Crippen molar-refractivity contribution in [2.24, 2.45) is 0 Å². The van der Waals surface area contributed by atoms with Gasteiger partial charge in [-0.3, -0.25) is 9.48 Å². The molecule has 0 unspecified atom stereocenters. The molecule has 1 N–H and O–H groups in total. The van der Waals surface area contributed by atoms with Gasteiger partial charge in [0.05, 0.1) is 17.8 Å². The molecule has 1 atom stereocenters. The fraction of sp³-hybridized carbons (Fsp3) is 0.562. The van der Waals surface area contributed by atoms with E-state index in [9.17, 15) is 4.79 Å². The lowest BCUT2D eigenvalue weighted by atomic mass is 10.2. The van der Waals surface area contributed by atoms with Crippen LogP contribution < -0.4 is 10.2 Å². The van der Waals surface area contributed by atoms with Gasteiger partial charge in [-0.05, 0) is 20.9 Å². The van der Waals surface area contributed by atoms with Crippen molar-refractivity contribution in [2.75, 3.05) is 38.1 Å². The topological polar surface area (TPSA) is 92.1 Å². The first-order valence-corrected chi connectivity index (χ1v) is 8.43. The maximum atomic E-state index is 12.5. The molecule has 1 aliphatic heterocycles. The second-order valence-electron chi connectivity index (χ2n) is 6.45. The van der Waals surface area contributed by atoms with Crippen molar-refractivity contribution in [1.29, 1.82) is 0 Å². The van der Waals surface area contributed by atoms with Crippen LogP contribution in [0.1, 0.15) is 23.0 Å². The smallest absolute Gasteiger partial charge is 0.254 e. The molecule has 0 aliphatic carbocycles. The maximum absolute atomic E-state index is 12.5. The number of rotatable bonds is 5. The first kappa shape index (κ1) is 17.3. The zero-order valence-electron chi connectivity index (χ0n) is 14.9. The highest BCUT2D eigenvalue weighted by atomic mass is 16.1. The lowest BCUT2D eigenvalue weighted by molar-refractivity contribution is 0.0934. The van der Waals surface area contributed by atoms with Gasteiger partial charge in [-0.1, -0.05) is 0 Å². The van der Waals surface area contributed by atoms with Crippen LogP contribution in [-0.4, -0.2) is 74.8 Å². The number of likely N-dealkylation sites (N-methyl/N-ethyl adjacent to an activating group) is 1. The number of hydrogen-bond donors (Lipinski definition) is 1. The number of amides is 1. The van der Waals surface area contributed by atoms with Gasteiger partial charge in [-0.15, -0.1) is 0 Å². The molecule has 3 heterocycles. The zero-order chi connectivity index (χ0) is 17.8. The Morgan fingerprint density at radius 1 is 1.32 bits per heavy atom. The van der Waals surface area contributed by atoms with Crippen LogP contribution in [0, 0.1) is 6.92 Å². The molecule has 2 aromatic heterocycles. The van der Waals surface area contributed by atoms with Crippen LogP contribution in [-0.2, 0) is 6.54 Å². The van der Waals surface area contributed by atoms with Crippen LogP contribution in [0.15, 0.2) is 18.9 Å². The third kappa shape index (κ3) is 4.30. The normalized spacial score (nSPS) is 16.7. The number of carbonyl (C=O) groups is 1. The summed E-state index contributed by atoms with van der Waals surface area (Å²) >= 11 is 0. The van der Waals surface area contributed by atoms with Crippen molar-refractivity contribution >= 4 is 11.9 Å². The number of anilines is 1. The zero-order valence-corrected chi connectivity index (χ0v) is 14.9. The number of nitrogens with one attached hydrogen (secondary N) is 1. The maximum Gasteiger partial charge on any atom is 0.254 e. The molecule has 0 aromatic carbocycles. The van der Waals surface area contributed by atoms with E-state index in [0.717, 1.165) is 26.2 Å². The summed E-state index contributed by atoms with van der Waals surface area (Å²) < 4.78 is 1.69. The summed E-state index contributed by atoms with van der Waals surface area (Å²) in [6.07, 6.45) is 4.72. The van der Waals surface area contributed by atoms with E-state index in [1.807, 2.05) is 13.8 Å². The van der Waals surface area contributed by atoms with Crippen molar-refractivity contribution in [2.45, 2.75) is 26.4 Å². The minimum Gasteiger partial charge on any atom is -0.348 e. The Labute approximate surface area is 147 Å². The Kier molecular flexibility index (Phi) is 5.22. The molecule has 25 heavy (non-hydrogen) atoms.